The Labute approximate surface area is 135 Å². The Morgan fingerprint density at radius 2 is 1.35 bits per heavy atom. The lowest BCUT2D eigenvalue weighted by Crippen LogP contribution is -2.04. The van der Waals surface area contributed by atoms with Crippen LogP contribution in [0.5, 0.6) is 11.9 Å². The minimum Gasteiger partial charge on any atom is -0.472 e. The van der Waals surface area contributed by atoms with E-state index in [9.17, 15) is 0 Å². The predicted molar refractivity (Wildman–Crippen MR) is 88.3 cm³/mol. The fourth-order valence-corrected chi connectivity index (χ4v) is 2.07. The van der Waals surface area contributed by atoms with Crippen LogP contribution >= 0.6 is 0 Å². The number of aromatic nitrogens is 2. The molecule has 1 aromatic heterocycles. The summed E-state index contributed by atoms with van der Waals surface area (Å²) in [6.07, 6.45) is 1.72. The number of nitrogens with zero attached hydrogens (tertiary/aromatic N) is 2. The van der Waals surface area contributed by atoms with Crippen molar-refractivity contribution in [3.05, 3.63) is 83.6 Å². The van der Waals surface area contributed by atoms with Gasteiger partial charge in [0.15, 0.2) is 0 Å². The van der Waals surface area contributed by atoms with Crippen LogP contribution < -0.4 is 9.47 Å². The Hall–Kier alpha value is -2.88. The Morgan fingerprint density at radius 3 is 1.96 bits per heavy atom. The van der Waals surface area contributed by atoms with Gasteiger partial charge in [0.25, 0.3) is 0 Å². The maximum absolute atomic E-state index is 5.78. The van der Waals surface area contributed by atoms with Crippen LogP contribution in [-0.4, -0.2) is 9.97 Å². The van der Waals surface area contributed by atoms with Gasteiger partial charge < -0.3 is 9.47 Å². The summed E-state index contributed by atoms with van der Waals surface area (Å²) >= 11 is 0. The molecule has 0 saturated carbocycles. The fourth-order valence-electron chi connectivity index (χ4n) is 2.07. The molecule has 0 aliphatic carbocycles. The highest BCUT2D eigenvalue weighted by atomic mass is 16.5. The van der Waals surface area contributed by atoms with Crippen LogP contribution in [-0.2, 0) is 13.2 Å². The van der Waals surface area contributed by atoms with Gasteiger partial charge in [-0.15, -0.1) is 0 Å². The topological polar surface area (TPSA) is 44.2 Å². The molecule has 2 aromatic carbocycles. The zero-order valence-corrected chi connectivity index (χ0v) is 13.0. The summed E-state index contributed by atoms with van der Waals surface area (Å²) in [6, 6.07) is 20.2. The van der Waals surface area contributed by atoms with Crippen molar-refractivity contribution in [1.29, 1.82) is 0 Å². The van der Waals surface area contributed by atoms with E-state index < -0.39 is 0 Å². The SMILES string of the molecule is Cc1cnc(OCc2ccccc2)nc1OCc1ccccc1. The summed E-state index contributed by atoms with van der Waals surface area (Å²) in [4.78, 5) is 8.54. The number of hydrogen-bond acceptors (Lipinski definition) is 4. The van der Waals surface area contributed by atoms with Crippen molar-refractivity contribution in [3.8, 4) is 11.9 Å². The lowest BCUT2D eigenvalue weighted by molar-refractivity contribution is 0.257. The second kappa shape index (κ2) is 7.40. The van der Waals surface area contributed by atoms with Gasteiger partial charge in [0.1, 0.15) is 13.2 Å². The molecule has 0 bridgehead atoms. The molecule has 0 saturated heterocycles. The second-order valence-corrected chi connectivity index (χ2v) is 5.19. The minimum absolute atomic E-state index is 0.322. The Balaban J connectivity index is 1.64. The average molecular weight is 306 g/mol. The third-order valence-corrected chi connectivity index (χ3v) is 3.33. The summed E-state index contributed by atoms with van der Waals surface area (Å²) in [5.74, 6) is 0.548. The third-order valence-electron chi connectivity index (χ3n) is 3.33. The number of rotatable bonds is 6. The average Bonchev–Trinajstić information content (AvgIpc) is 2.62. The summed E-state index contributed by atoms with van der Waals surface area (Å²) in [6.45, 7) is 2.82. The van der Waals surface area contributed by atoms with Crippen molar-refractivity contribution in [3.63, 3.8) is 0 Å². The molecular formula is C19H18N2O2. The minimum atomic E-state index is 0.322. The Kier molecular flexibility index (Phi) is 4.84. The fraction of sp³-hybridized carbons (Fsp3) is 0.158. The molecule has 0 unspecified atom stereocenters. The van der Waals surface area contributed by atoms with E-state index in [4.69, 9.17) is 9.47 Å². The van der Waals surface area contributed by atoms with Crippen molar-refractivity contribution < 1.29 is 9.47 Å². The molecule has 3 aromatic rings. The first-order valence-corrected chi connectivity index (χ1v) is 7.48. The number of aryl methyl sites for hydroxylation is 1. The monoisotopic (exact) mass is 306 g/mol. The van der Waals surface area contributed by atoms with Crippen LogP contribution in [0.2, 0.25) is 0 Å². The molecule has 0 aliphatic rings. The molecule has 0 atom stereocenters. The Morgan fingerprint density at radius 1 is 0.783 bits per heavy atom. The third kappa shape index (κ3) is 4.30. The number of hydrogen-bond donors (Lipinski definition) is 0. The molecule has 0 fully saturated rings. The molecular weight excluding hydrogens is 288 g/mol. The second-order valence-electron chi connectivity index (χ2n) is 5.19. The number of benzene rings is 2. The van der Waals surface area contributed by atoms with Gasteiger partial charge in [0.2, 0.25) is 5.88 Å². The van der Waals surface area contributed by atoms with E-state index in [1.807, 2.05) is 67.6 Å². The summed E-state index contributed by atoms with van der Waals surface area (Å²) in [7, 11) is 0. The van der Waals surface area contributed by atoms with Crippen LogP contribution in [0.15, 0.2) is 66.9 Å². The molecule has 4 heteroatoms. The zero-order valence-electron chi connectivity index (χ0n) is 13.0. The normalized spacial score (nSPS) is 10.3. The van der Waals surface area contributed by atoms with E-state index >= 15 is 0 Å². The molecule has 0 amide bonds. The van der Waals surface area contributed by atoms with Crippen molar-refractivity contribution in [2.24, 2.45) is 0 Å². The van der Waals surface area contributed by atoms with Gasteiger partial charge in [0.05, 0.1) is 0 Å². The summed E-state index contributed by atoms with van der Waals surface area (Å²) in [5.41, 5.74) is 3.05. The molecule has 0 aliphatic heterocycles. The zero-order chi connectivity index (χ0) is 15.9. The van der Waals surface area contributed by atoms with Gasteiger partial charge in [-0.2, -0.15) is 4.98 Å². The smallest absolute Gasteiger partial charge is 0.320 e. The van der Waals surface area contributed by atoms with Crippen LogP contribution in [0.3, 0.4) is 0 Å². The van der Waals surface area contributed by atoms with Gasteiger partial charge in [0, 0.05) is 11.8 Å². The molecule has 3 rings (SSSR count). The molecule has 116 valence electrons. The first-order valence-electron chi connectivity index (χ1n) is 7.48. The highest BCUT2D eigenvalue weighted by molar-refractivity contribution is 5.24. The van der Waals surface area contributed by atoms with E-state index in [1.165, 1.54) is 0 Å². The van der Waals surface area contributed by atoms with Crippen LogP contribution in [0.25, 0.3) is 0 Å². The van der Waals surface area contributed by atoms with E-state index in [1.54, 1.807) is 6.20 Å². The van der Waals surface area contributed by atoms with E-state index in [0.29, 0.717) is 25.1 Å². The summed E-state index contributed by atoms with van der Waals surface area (Å²) < 4.78 is 11.4. The van der Waals surface area contributed by atoms with E-state index in [2.05, 4.69) is 9.97 Å². The molecule has 23 heavy (non-hydrogen) atoms. The maximum atomic E-state index is 5.78. The van der Waals surface area contributed by atoms with Gasteiger partial charge in [-0.05, 0) is 18.1 Å². The quantitative estimate of drug-likeness (QED) is 0.692. The number of ether oxygens (including phenoxy) is 2. The highest BCUT2D eigenvalue weighted by Crippen LogP contribution is 2.18. The largest absolute Gasteiger partial charge is 0.472 e. The van der Waals surface area contributed by atoms with Gasteiger partial charge in [-0.25, -0.2) is 4.98 Å². The predicted octanol–water partition coefficient (Wildman–Crippen LogP) is 3.94. The van der Waals surface area contributed by atoms with Gasteiger partial charge in [-0.3, -0.25) is 0 Å². The van der Waals surface area contributed by atoms with Crippen LogP contribution in [0, 0.1) is 6.92 Å². The maximum Gasteiger partial charge on any atom is 0.320 e. The molecule has 1 heterocycles. The standard InChI is InChI=1S/C19H18N2O2/c1-15-12-20-19(23-14-17-10-6-3-7-11-17)21-18(15)22-13-16-8-4-2-5-9-16/h2-12H,13-14H2,1H3. The highest BCUT2D eigenvalue weighted by Gasteiger charge is 2.07. The van der Waals surface area contributed by atoms with Crippen LogP contribution in [0.1, 0.15) is 16.7 Å². The van der Waals surface area contributed by atoms with Crippen molar-refractivity contribution in [2.75, 3.05) is 0 Å². The molecule has 0 spiro atoms. The van der Waals surface area contributed by atoms with E-state index in [-0.39, 0.29) is 0 Å². The van der Waals surface area contributed by atoms with Crippen molar-refractivity contribution in [1.82, 2.24) is 9.97 Å². The Bertz CT molecular complexity index is 746. The first kappa shape index (κ1) is 15.0. The lowest BCUT2D eigenvalue weighted by Gasteiger charge is -2.10. The van der Waals surface area contributed by atoms with Gasteiger partial charge >= 0.3 is 6.01 Å². The molecule has 0 radical (unpaired) electrons. The summed E-state index contributed by atoms with van der Waals surface area (Å²) in [5, 5.41) is 0. The van der Waals surface area contributed by atoms with Gasteiger partial charge in [-0.1, -0.05) is 60.7 Å². The molecule has 4 nitrogen and oxygen atoms in total. The first-order chi connectivity index (χ1) is 11.3. The van der Waals surface area contributed by atoms with E-state index in [0.717, 1.165) is 16.7 Å². The molecule has 0 N–H and O–H groups in total. The van der Waals surface area contributed by atoms with Crippen LogP contribution in [0.4, 0.5) is 0 Å². The lowest BCUT2D eigenvalue weighted by atomic mass is 10.2. The van der Waals surface area contributed by atoms with Crippen molar-refractivity contribution in [2.45, 2.75) is 20.1 Å². The van der Waals surface area contributed by atoms with Crippen molar-refractivity contribution >= 4 is 0 Å².